The largest absolute Gasteiger partial charge is 0.497 e. The second-order valence-electron chi connectivity index (χ2n) is 5.70. The van der Waals surface area contributed by atoms with Gasteiger partial charge in [0.1, 0.15) is 17.3 Å². The van der Waals surface area contributed by atoms with Gasteiger partial charge in [-0.25, -0.2) is 0 Å². The van der Waals surface area contributed by atoms with Gasteiger partial charge in [0.2, 0.25) is 0 Å². The number of nitrogens with zero attached hydrogens (tertiary/aromatic N) is 2. The first kappa shape index (κ1) is 17.1. The molecule has 1 aromatic carbocycles. The van der Waals surface area contributed by atoms with Crippen molar-refractivity contribution >= 4 is 34.6 Å². The molecular formula is C20H15N3O3S. The first-order valence-corrected chi connectivity index (χ1v) is 8.94. The van der Waals surface area contributed by atoms with E-state index in [4.69, 9.17) is 14.6 Å². The van der Waals surface area contributed by atoms with Gasteiger partial charge >= 0.3 is 0 Å². The Kier molecular flexibility index (Phi) is 4.52. The number of amides is 1. The number of ether oxygens (including phenoxy) is 1. The van der Waals surface area contributed by atoms with Crippen molar-refractivity contribution in [2.45, 2.75) is 0 Å². The third-order valence-electron chi connectivity index (χ3n) is 4.00. The molecule has 0 unspecified atom stereocenters. The van der Waals surface area contributed by atoms with Crippen molar-refractivity contribution in [2.24, 2.45) is 0 Å². The van der Waals surface area contributed by atoms with Gasteiger partial charge in [0, 0.05) is 24.0 Å². The molecule has 6 nitrogen and oxygen atoms in total. The Morgan fingerprint density at radius 2 is 2.00 bits per heavy atom. The molecule has 3 aromatic rings. The molecule has 1 fully saturated rings. The van der Waals surface area contributed by atoms with Gasteiger partial charge in [-0.15, -0.1) is 0 Å². The fourth-order valence-electron chi connectivity index (χ4n) is 2.68. The highest BCUT2D eigenvalue weighted by Gasteiger charge is 2.33. The van der Waals surface area contributed by atoms with Crippen molar-refractivity contribution in [1.29, 1.82) is 5.41 Å². The molecule has 0 aliphatic carbocycles. The SMILES string of the molecule is COc1ccc(N2C(=N)SC(=Cc3ccc(-c4cccnc4)o3)C2=O)cc1. The zero-order valence-electron chi connectivity index (χ0n) is 14.4. The molecule has 1 amide bonds. The third kappa shape index (κ3) is 3.37. The molecule has 1 N–H and O–H groups in total. The lowest BCUT2D eigenvalue weighted by Crippen LogP contribution is -2.27. The summed E-state index contributed by atoms with van der Waals surface area (Å²) in [6, 6.07) is 14.4. The average molecular weight is 377 g/mol. The molecule has 7 heteroatoms. The zero-order chi connectivity index (χ0) is 18.8. The van der Waals surface area contributed by atoms with E-state index < -0.39 is 0 Å². The van der Waals surface area contributed by atoms with E-state index in [0.717, 1.165) is 17.3 Å². The van der Waals surface area contributed by atoms with Crippen LogP contribution < -0.4 is 9.64 Å². The number of pyridine rings is 1. The maximum absolute atomic E-state index is 12.8. The number of methoxy groups -OCH3 is 1. The number of anilines is 1. The third-order valence-corrected chi connectivity index (χ3v) is 4.89. The number of benzene rings is 1. The van der Waals surface area contributed by atoms with Gasteiger partial charge < -0.3 is 9.15 Å². The first-order chi connectivity index (χ1) is 13.2. The lowest BCUT2D eigenvalue weighted by molar-refractivity contribution is -0.113. The van der Waals surface area contributed by atoms with Crippen LogP contribution in [0.1, 0.15) is 5.76 Å². The van der Waals surface area contributed by atoms with Crippen LogP contribution in [-0.4, -0.2) is 23.2 Å². The number of nitrogens with one attached hydrogen (secondary N) is 1. The molecule has 0 bridgehead atoms. The van der Waals surface area contributed by atoms with Crippen LogP contribution in [0, 0.1) is 5.41 Å². The Bertz CT molecular complexity index is 1030. The van der Waals surface area contributed by atoms with Crippen molar-refractivity contribution in [2.75, 3.05) is 12.0 Å². The monoisotopic (exact) mass is 377 g/mol. The number of hydrogen-bond acceptors (Lipinski definition) is 6. The van der Waals surface area contributed by atoms with Crippen molar-refractivity contribution in [1.82, 2.24) is 4.98 Å². The molecule has 134 valence electrons. The summed E-state index contributed by atoms with van der Waals surface area (Å²) in [5.41, 5.74) is 1.48. The molecule has 0 spiro atoms. The van der Waals surface area contributed by atoms with Crippen molar-refractivity contribution in [3.63, 3.8) is 0 Å². The Morgan fingerprint density at radius 1 is 1.19 bits per heavy atom. The molecule has 3 heterocycles. The van der Waals surface area contributed by atoms with Crippen molar-refractivity contribution < 1.29 is 13.9 Å². The minimum absolute atomic E-state index is 0.149. The molecule has 4 rings (SSSR count). The lowest BCUT2D eigenvalue weighted by Gasteiger charge is -2.14. The summed E-state index contributed by atoms with van der Waals surface area (Å²) in [7, 11) is 1.58. The summed E-state index contributed by atoms with van der Waals surface area (Å²) in [6.07, 6.45) is 5.07. The highest BCUT2D eigenvalue weighted by atomic mass is 32.2. The molecule has 27 heavy (non-hydrogen) atoms. The quantitative estimate of drug-likeness (QED) is 0.682. The van der Waals surface area contributed by atoms with Gasteiger partial charge in [0.25, 0.3) is 5.91 Å². The molecule has 1 saturated heterocycles. The van der Waals surface area contributed by atoms with E-state index in [0.29, 0.717) is 27.9 Å². The first-order valence-electron chi connectivity index (χ1n) is 8.12. The van der Waals surface area contributed by atoms with Gasteiger partial charge in [0.05, 0.1) is 17.7 Å². The summed E-state index contributed by atoms with van der Waals surface area (Å²) in [5, 5.41) is 8.31. The Balaban J connectivity index is 1.59. The Morgan fingerprint density at radius 3 is 2.70 bits per heavy atom. The van der Waals surface area contributed by atoms with Crippen LogP contribution in [0.5, 0.6) is 5.75 Å². The summed E-state index contributed by atoms with van der Waals surface area (Å²) in [5.74, 6) is 1.66. The van der Waals surface area contributed by atoms with E-state index in [9.17, 15) is 4.79 Å². The van der Waals surface area contributed by atoms with Gasteiger partial charge in [0.15, 0.2) is 5.17 Å². The number of thioether (sulfide) groups is 1. The summed E-state index contributed by atoms with van der Waals surface area (Å²) >= 11 is 1.10. The second kappa shape index (κ2) is 7.13. The van der Waals surface area contributed by atoms with Crippen LogP contribution in [0.4, 0.5) is 5.69 Å². The Labute approximate surface area is 160 Å². The maximum Gasteiger partial charge on any atom is 0.271 e. The standard InChI is InChI=1S/C20H15N3O3S/c1-25-15-6-4-14(5-7-15)23-19(24)18(27-20(23)21)11-16-8-9-17(26-16)13-3-2-10-22-12-13/h2-12,21H,1H3. The van der Waals surface area contributed by atoms with Gasteiger partial charge in [-0.2, -0.15) is 0 Å². The highest BCUT2D eigenvalue weighted by molar-refractivity contribution is 8.19. The number of rotatable bonds is 4. The average Bonchev–Trinajstić information content (AvgIpc) is 3.27. The maximum atomic E-state index is 12.8. The topological polar surface area (TPSA) is 79.4 Å². The lowest BCUT2D eigenvalue weighted by atomic mass is 10.2. The van der Waals surface area contributed by atoms with E-state index in [2.05, 4.69) is 4.98 Å². The number of hydrogen-bond donors (Lipinski definition) is 1. The fraction of sp³-hybridized carbons (Fsp3) is 0.0500. The minimum atomic E-state index is -0.255. The van der Waals surface area contributed by atoms with Crippen LogP contribution in [-0.2, 0) is 4.79 Å². The molecule has 2 aromatic heterocycles. The molecule has 0 radical (unpaired) electrons. The predicted octanol–water partition coefficient (Wildman–Crippen LogP) is 4.41. The molecule has 0 atom stereocenters. The minimum Gasteiger partial charge on any atom is -0.497 e. The predicted molar refractivity (Wildman–Crippen MR) is 106 cm³/mol. The highest BCUT2D eigenvalue weighted by Crippen LogP contribution is 2.36. The Hall–Kier alpha value is -3.32. The van der Waals surface area contributed by atoms with Crippen LogP contribution in [0.3, 0.4) is 0 Å². The number of furan rings is 1. The van der Waals surface area contributed by atoms with Crippen molar-refractivity contribution in [3.05, 3.63) is 71.6 Å². The molecular weight excluding hydrogens is 362 g/mol. The van der Waals surface area contributed by atoms with Gasteiger partial charge in [-0.05, 0) is 60.3 Å². The fourth-order valence-corrected chi connectivity index (χ4v) is 3.52. The molecule has 1 aliphatic heterocycles. The number of aromatic nitrogens is 1. The van der Waals surface area contributed by atoms with E-state index in [1.165, 1.54) is 4.90 Å². The van der Waals surface area contributed by atoms with Gasteiger partial charge in [-0.1, -0.05) is 0 Å². The zero-order valence-corrected chi connectivity index (χ0v) is 15.2. The van der Waals surface area contributed by atoms with E-state index in [1.807, 2.05) is 18.2 Å². The van der Waals surface area contributed by atoms with E-state index >= 15 is 0 Å². The second-order valence-corrected chi connectivity index (χ2v) is 6.73. The molecule has 1 aliphatic rings. The normalized spacial score (nSPS) is 15.6. The van der Waals surface area contributed by atoms with E-state index in [-0.39, 0.29) is 11.1 Å². The van der Waals surface area contributed by atoms with Crippen LogP contribution in [0.15, 0.2) is 70.2 Å². The summed E-state index contributed by atoms with van der Waals surface area (Å²) in [6.45, 7) is 0. The van der Waals surface area contributed by atoms with Crippen LogP contribution >= 0.6 is 11.8 Å². The number of carbonyl (C=O) groups is 1. The summed E-state index contributed by atoms with van der Waals surface area (Å²) < 4.78 is 10.9. The number of amidine groups is 1. The smallest absolute Gasteiger partial charge is 0.271 e. The van der Waals surface area contributed by atoms with Crippen LogP contribution in [0.2, 0.25) is 0 Å². The summed E-state index contributed by atoms with van der Waals surface area (Å²) in [4.78, 5) is 18.6. The molecule has 0 saturated carbocycles. The van der Waals surface area contributed by atoms with Crippen LogP contribution in [0.25, 0.3) is 17.4 Å². The van der Waals surface area contributed by atoms with Gasteiger partial charge in [-0.3, -0.25) is 20.1 Å². The van der Waals surface area contributed by atoms with Crippen molar-refractivity contribution in [3.8, 4) is 17.1 Å². The number of carbonyl (C=O) groups excluding carboxylic acids is 1. The van der Waals surface area contributed by atoms with E-state index in [1.54, 1.807) is 55.9 Å².